The van der Waals surface area contributed by atoms with E-state index in [-0.39, 0.29) is 10.8 Å². The number of hydrogen-bond donors (Lipinski definition) is 1. The maximum atomic E-state index is 12.6. The molecular formula is C18H28N2O3S. The standard InChI is InChI=1S/C18H28N2O3S/c1-13-10-14(2)12-20(11-13)17(21)15-6-8-16(9-7-15)24(22,23)19-18(3,4)5/h6-9,13-14,19H,10-12H2,1-5H3. The molecule has 1 aromatic carbocycles. The third kappa shape index (κ3) is 4.80. The molecule has 1 fully saturated rings. The summed E-state index contributed by atoms with van der Waals surface area (Å²) in [5.74, 6) is 0.961. The second-order valence-electron chi connectivity index (χ2n) is 8.04. The number of amides is 1. The van der Waals surface area contributed by atoms with Crippen LogP contribution in [0.15, 0.2) is 29.2 Å². The molecule has 0 spiro atoms. The Morgan fingerprint density at radius 3 is 2.04 bits per heavy atom. The molecule has 1 heterocycles. The lowest BCUT2D eigenvalue weighted by molar-refractivity contribution is 0.0623. The van der Waals surface area contributed by atoms with E-state index in [0.29, 0.717) is 17.4 Å². The topological polar surface area (TPSA) is 66.5 Å². The summed E-state index contributed by atoms with van der Waals surface area (Å²) < 4.78 is 27.2. The Labute approximate surface area is 145 Å². The lowest BCUT2D eigenvalue weighted by Gasteiger charge is -2.35. The van der Waals surface area contributed by atoms with Gasteiger partial charge in [-0.2, -0.15) is 0 Å². The summed E-state index contributed by atoms with van der Waals surface area (Å²) >= 11 is 0. The fraction of sp³-hybridized carbons (Fsp3) is 0.611. The van der Waals surface area contributed by atoms with Gasteiger partial charge in [0.05, 0.1) is 4.90 Å². The monoisotopic (exact) mass is 352 g/mol. The first-order valence-electron chi connectivity index (χ1n) is 8.41. The molecule has 1 aliphatic heterocycles. The van der Waals surface area contributed by atoms with Gasteiger partial charge >= 0.3 is 0 Å². The predicted octanol–water partition coefficient (Wildman–Crippen LogP) is 2.88. The molecule has 0 saturated carbocycles. The van der Waals surface area contributed by atoms with Gasteiger partial charge in [0.15, 0.2) is 0 Å². The highest BCUT2D eigenvalue weighted by Crippen LogP contribution is 2.23. The Morgan fingerprint density at radius 2 is 1.58 bits per heavy atom. The van der Waals surface area contributed by atoms with Crippen molar-refractivity contribution < 1.29 is 13.2 Å². The smallest absolute Gasteiger partial charge is 0.253 e. The van der Waals surface area contributed by atoms with Gasteiger partial charge in [-0.3, -0.25) is 4.79 Å². The number of hydrogen-bond acceptors (Lipinski definition) is 3. The van der Waals surface area contributed by atoms with Crippen LogP contribution < -0.4 is 4.72 Å². The average Bonchev–Trinajstić information content (AvgIpc) is 2.43. The summed E-state index contributed by atoms with van der Waals surface area (Å²) in [4.78, 5) is 14.7. The van der Waals surface area contributed by atoms with Crippen LogP contribution in [0, 0.1) is 11.8 Å². The third-order valence-corrected chi connectivity index (χ3v) is 5.78. The van der Waals surface area contributed by atoms with Crippen molar-refractivity contribution in [3.05, 3.63) is 29.8 Å². The molecule has 1 N–H and O–H groups in total. The number of sulfonamides is 1. The molecule has 0 bridgehead atoms. The fourth-order valence-electron chi connectivity index (χ4n) is 3.25. The number of nitrogens with one attached hydrogen (secondary N) is 1. The molecule has 2 unspecified atom stereocenters. The van der Waals surface area contributed by atoms with E-state index in [1.165, 1.54) is 12.1 Å². The summed E-state index contributed by atoms with van der Waals surface area (Å²) in [6, 6.07) is 6.20. The van der Waals surface area contributed by atoms with Crippen LogP contribution in [-0.4, -0.2) is 37.9 Å². The number of nitrogens with zero attached hydrogens (tertiary/aromatic N) is 1. The van der Waals surface area contributed by atoms with Crippen molar-refractivity contribution in [1.82, 2.24) is 9.62 Å². The summed E-state index contributed by atoms with van der Waals surface area (Å²) in [6.45, 7) is 11.2. The van der Waals surface area contributed by atoms with Gasteiger partial charge in [-0.1, -0.05) is 13.8 Å². The molecule has 5 nitrogen and oxygen atoms in total. The number of carbonyl (C=O) groups is 1. The van der Waals surface area contributed by atoms with E-state index >= 15 is 0 Å². The van der Waals surface area contributed by atoms with Crippen LogP contribution in [0.3, 0.4) is 0 Å². The van der Waals surface area contributed by atoms with Crippen LogP contribution in [0.2, 0.25) is 0 Å². The number of piperidine rings is 1. The van der Waals surface area contributed by atoms with Crippen molar-refractivity contribution in [3.63, 3.8) is 0 Å². The van der Waals surface area contributed by atoms with Gasteiger partial charge < -0.3 is 4.90 Å². The Hall–Kier alpha value is -1.40. The van der Waals surface area contributed by atoms with Gasteiger partial charge in [0, 0.05) is 24.2 Å². The van der Waals surface area contributed by atoms with Crippen molar-refractivity contribution in [2.45, 2.75) is 51.5 Å². The zero-order valence-corrected chi connectivity index (χ0v) is 16.0. The van der Waals surface area contributed by atoms with Crippen LogP contribution in [0.25, 0.3) is 0 Å². The zero-order valence-electron chi connectivity index (χ0n) is 15.2. The van der Waals surface area contributed by atoms with Gasteiger partial charge in [0.1, 0.15) is 0 Å². The largest absolute Gasteiger partial charge is 0.338 e. The molecule has 2 rings (SSSR count). The highest BCUT2D eigenvalue weighted by molar-refractivity contribution is 7.89. The van der Waals surface area contributed by atoms with Crippen molar-refractivity contribution in [2.75, 3.05) is 13.1 Å². The van der Waals surface area contributed by atoms with Crippen LogP contribution in [0.5, 0.6) is 0 Å². The average molecular weight is 353 g/mol. The number of likely N-dealkylation sites (tertiary alicyclic amines) is 1. The van der Waals surface area contributed by atoms with Gasteiger partial charge in [0.25, 0.3) is 5.91 Å². The van der Waals surface area contributed by atoms with Crippen molar-refractivity contribution >= 4 is 15.9 Å². The minimum atomic E-state index is -3.58. The summed E-state index contributed by atoms with van der Waals surface area (Å²) in [5, 5.41) is 0. The maximum absolute atomic E-state index is 12.6. The van der Waals surface area contributed by atoms with Crippen molar-refractivity contribution in [3.8, 4) is 0 Å². The third-order valence-electron chi connectivity index (χ3n) is 4.01. The second-order valence-corrected chi connectivity index (χ2v) is 9.72. The molecule has 6 heteroatoms. The van der Waals surface area contributed by atoms with Crippen molar-refractivity contribution in [1.29, 1.82) is 0 Å². The number of carbonyl (C=O) groups excluding carboxylic acids is 1. The van der Waals surface area contributed by atoms with E-state index in [1.807, 2.05) is 4.90 Å². The van der Waals surface area contributed by atoms with Gasteiger partial charge in [-0.15, -0.1) is 0 Å². The Kier molecular flexibility index (Phi) is 5.40. The van der Waals surface area contributed by atoms with Crippen molar-refractivity contribution in [2.24, 2.45) is 11.8 Å². The molecule has 1 aliphatic rings. The Morgan fingerprint density at radius 1 is 1.08 bits per heavy atom. The molecule has 134 valence electrons. The summed E-state index contributed by atoms with van der Waals surface area (Å²) in [7, 11) is -3.58. The molecule has 0 aromatic heterocycles. The molecule has 0 aliphatic carbocycles. The minimum absolute atomic E-state index is 0.0267. The van der Waals surface area contributed by atoms with E-state index in [0.717, 1.165) is 19.5 Å². The lowest BCUT2D eigenvalue weighted by atomic mass is 9.91. The first kappa shape index (κ1) is 18.9. The zero-order chi connectivity index (χ0) is 18.1. The second kappa shape index (κ2) is 6.84. The highest BCUT2D eigenvalue weighted by Gasteiger charge is 2.27. The van der Waals surface area contributed by atoms with Crippen LogP contribution in [-0.2, 0) is 10.0 Å². The molecule has 1 saturated heterocycles. The fourth-order valence-corrected chi connectivity index (χ4v) is 4.67. The summed E-state index contributed by atoms with van der Waals surface area (Å²) in [5.41, 5.74) is -0.0149. The number of rotatable bonds is 3. The molecule has 2 atom stereocenters. The van der Waals surface area contributed by atoms with E-state index in [2.05, 4.69) is 18.6 Å². The van der Waals surface area contributed by atoms with E-state index in [4.69, 9.17) is 0 Å². The predicted molar refractivity (Wildman–Crippen MR) is 95.4 cm³/mol. The van der Waals surface area contributed by atoms with Crippen LogP contribution in [0.1, 0.15) is 51.4 Å². The van der Waals surface area contributed by atoms with Gasteiger partial charge in [0.2, 0.25) is 10.0 Å². The molecule has 1 amide bonds. The van der Waals surface area contributed by atoms with Crippen LogP contribution in [0.4, 0.5) is 0 Å². The first-order valence-corrected chi connectivity index (χ1v) is 9.89. The van der Waals surface area contributed by atoms with E-state index in [9.17, 15) is 13.2 Å². The Bertz CT molecular complexity index is 680. The van der Waals surface area contributed by atoms with E-state index < -0.39 is 15.6 Å². The quantitative estimate of drug-likeness (QED) is 0.909. The first-order chi connectivity index (χ1) is 11.0. The summed E-state index contributed by atoms with van der Waals surface area (Å²) in [6.07, 6.45) is 1.14. The number of benzene rings is 1. The normalized spacial score (nSPS) is 22.5. The Balaban J connectivity index is 2.16. The molecule has 1 aromatic rings. The minimum Gasteiger partial charge on any atom is -0.338 e. The molecule has 0 radical (unpaired) electrons. The molecular weight excluding hydrogens is 324 g/mol. The molecule has 24 heavy (non-hydrogen) atoms. The van der Waals surface area contributed by atoms with Gasteiger partial charge in [-0.25, -0.2) is 13.1 Å². The SMILES string of the molecule is CC1CC(C)CN(C(=O)c2ccc(S(=O)(=O)NC(C)(C)C)cc2)C1. The highest BCUT2D eigenvalue weighted by atomic mass is 32.2. The van der Waals surface area contributed by atoms with Gasteiger partial charge in [-0.05, 0) is 63.3 Å². The van der Waals surface area contributed by atoms with E-state index in [1.54, 1.807) is 32.9 Å². The maximum Gasteiger partial charge on any atom is 0.253 e. The van der Waals surface area contributed by atoms with Crippen LogP contribution >= 0.6 is 0 Å². The lowest BCUT2D eigenvalue weighted by Crippen LogP contribution is -2.42.